The quantitative estimate of drug-likeness (QED) is 0.572. The number of aliphatic imine (C=N–C) groups is 1. The van der Waals surface area contributed by atoms with Gasteiger partial charge >= 0.3 is 12.1 Å². The second kappa shape index (κ2) is 8.64. The summed E-state index contributed by atoms with van der Waals surface area (Å²) >= 11 is 0. The zero-order chi connectivity index (χ0) is 25.4. The molecule has 2 atom stereocenters. The van der Waals surface area contributed by atoms with Gasteiger partial charge < -0.3 is 5.11 Å². The van der Waals surface area contributed by atoms with Gasteiger partial charge in [-0.05, 0) is 42.8 Å². The number of carbonyl (C=O) groups excluding carboxylic acids is 1. The average molecular weight is 479 g/mol. The Balaban J connectivity index is 2.05. The molecule has 4 rings (SSSR count). The van der Waals surface area contributed by atoms with Crippen molar-refractivity contribution < 1.29 is 27.9 Å². The average Bonchev–Trinajstić information content (AvgIpc) is 2.84. The van der Waals surface area contributed by atoms with E-state index in [2.05, 4.69) is 15.0 Å². The van der Waals surface area contributed by atoms with Gasteiger partial charge in [-0.25, -0.2) is 4.79 Å². The van der Waals surface area contributed by atoms with Gasteiger partial charge in [0.25, 0.3) is 5.91 Å². The monoisotopic (exact) mass is 479 g/mol. The predicted octanol–water partition coefficient (Wildman–Crippen LogP) is 3.57. The Hall–Kier alpha value is -4.59. The molecule has 1 N–H and O–H groups in total. The molecule has 8 nitrogen and oxygen atoms in total. The molecule has 0 fully saturated rings. The molecule has 3 aromatic rings. The third-order valence-electron chi connectivity index (χ3n) is 5.67. The van der Waals surface area contributed by atoms with E-state index in [0.29, 0.717) is 11.1 Å². The van der Waals surface area contributed by atoms with E-state index in [1.807, 2.05) is 6.07 Å². The predicted molar refractivity (Wildman–Crippen MR) is 117 cm³/mol. The molecule has 0 bridgehead atoms. The van der Waals surface area contributed by atoms with Crippen LogP contribution in [0, 0.1) is 11.3 Å². The number of hydrogen-bond acceptors (Lipinski definition) is 6. The number of nitrogens with zero attached hydrogens (tertiary/aromatic N) is 5. The van der Waals surface area contributed by atoms with Crippen molar-refractivity contribution in [3.8, 4) is 6.07 Å². The highest BCUT2D eigenvalue weighted by Crippen LogP contribution is 2.41. The highest BCUT2D eigenvalue weighted by atomic mass is 19.4. The summed E-state index contributed by atoms with van der Waals surface area (Å²) in [7, 11) is 0. The number of amides is 1. The summed E-state index contributed by atoms with van der Waals surface area (Å²) in [4.78, 5) is 38.8. The van der Waals surface area contributed by atoms with Crippen molar-refractivity contribution in [1.29, 1.82) is 5.26 Å². The fourth-order valence-corrected chi connectivity index (χ4v) is 4.00. The van der Waals surface area contributed by atoms with E-state index in [0.717, 1.165) is 23.1 Å². The first-order chi connectivity index (χ1) is 16.6. The summed E-state index contributed by atoms with van der Waals surface area (Å²) in [6, 6.07) is 10.1. The minimum Gasteiger partial charge on any atom is -0.479 e. The van der Waals surface area contributed by atoms with Gasteiger partial charge in [0.2, 0.25) is 6.04 Å². The number of alkyl halides is 3. The summed E-state index contributed by atoms with van der Waals surface area (Å²) in [6.45, 7) is 1.53. The number of carbonyl (C=O) groups is 2. The lowest BCUT2D eigenvalue weighted by Gasteiger charge is -2.46. The molecule has 11 heteroatoms. The Morgan fingerprint density at radius 2 is 1.89 bits per heavy atom. The normalized spacial score (nSPS) is 20.2. The maximum atomic E-state index is 13.5. The van der Waals surface area contributed by atoms with Crippen LogP contribution < -0.4 is 4.90 Å². The molecule has 1 aliphatic heterocycles. The van der Waals surface area contributed by atoms with E-state index >= 15 is 0 Å². The van der Waals surface area contributed by atoms with Crippen LogP contribution in [0.3, 0.4) is 0 Å². The van der Waals surface area contributed by atoms with Crippen LogP contribution in [0.15, 0.2) is 72.1 Å². The molecule has 0 saturated carbocycles. The van der Waals surface area contributed by atoms with E-state index in [1.54, 1.807) is 0 Å². The molecule has 2 unspecified atom stereocenters. The second-order valence-electron chi connectivity index (χ2n) is 7.79. The lowest BCUT2D eigenvalue weighted by Crippen LogP contribution is -2.61. The Bertz CT molecular complexity index is 1370. The molecule has 1 aliphatic rings. The minimum absolute atomic E-state index is 0.0136. The highest BCUT2D eigenvalue weighted by molar-refractivity contribution is 6.22. The number of rotatable bonds is 4. The number of aromatic nitrogens is 2. The SMILES string of the molecule is CC1(c2ccc(C#N)cc2)C(c2cnccn2)=NC(C(=O)O)C(=O)N1c1cccc(C(F)(F)F)c1. The lowest BCUT2D eigenvalue weighted by atomic mass is 9.80. The van der Waals surface area contributed by atoms with Crippen molar-refractivity contribution in [2.24, 2.45) is 4.99 Å². The topological polar surface area (TPSA) is 120 Å². The van der Waals surface area contributed by atoms with Gasteiger partial charge in [0.1, 0.15) is 11.2 Å². The van der Waals surface area contributed by atoms with Gasteiger partial charge in [0, 0.05) is 18.1 Å². The van der Waals surface area contributed by atoms with Crippen molar-refractivity contribution in [1.82, 2.24) is 9.97 Å². The van der Waals surface area contributed by atoms with Crippen LogP contribution in [0.25, 0.3) is 0 Å². The Morgan fingerprint density at radius 3 is 2.46 bits per heavy atom. The number of carboxylic acid groups (broad SMARTS) is 1. The zero-order valence-corrected chi connectivity index (χ0v) is 18.1. The molecule has 1 aromatic heterocycles. The molecule has 0 aliphatic carbocycles. The second-order valence-corrected chi connectivity index (χ2v) is 7.79. The van der Waals surface area contributed by atoms with Crippen molar-refractivity contribution in [3.63, 3.8) is 0 Å². The van der Waals surface area contributed by atoms with E-state index < -0.39 is 35.2 Å². The molecule has 0 radical (unpaired) electrons. The molecule has 2 heterocycles. The number of halogens is 3. The molecule has 0 saturated heterocycles. The van der Waals surface area contributed by atoms with E-state index in [9.17, 15) is 33.1 Å². The van der Waals surface area contributed by atoms with Crippen LogP contribution >= 0.6 is 0 Å². The zero-order valence-electron chi connectivity index (χ0n) is 18.1. The number of aliphatic carboxylic acids is 1. The molecule has 35 heavy (non-hydrogen) atoms. The molecule has 176 valence electrons. The maximum absolute atomic E-state index is 13.5. The van der Waals surface area contributed by atoms with Crippen LogP contribution in [-0.4, -0.2) is 38.7 Å². The van der Waals surface area contributed by atoms with Gasteiger partial charge in [-0.15, -0.1) is 0 Å². The first kappa shape index (κ1) is 23.6. The van der Waals surface area contributed by atoms with Gasteiger partial charge in [0.05, 0.1) is 29.1 Å². The van der Waals surface area contributed by atoms with Gasteiger partial charge in [-0.2, -0.15) is 18.4 Å². The molecule has 2 aromatic carbocycles. The van der Waals surface area contributed by atoms with Crippen molar-refractivity contribution in [2.45, 2.75) is 24.7 Å². The van der Waals surface area contributed by atoms with Crippen LogP contribution in [0.5, 0.6) is 0 Å². The van der Waals surface area contributed by atoms with E-state index in [4.69, 9.17) is 0 Å². The minimum atomic E-state index is -4.70. The first-order valence-electron chi connectivity index (χ1n) is 10.2. The molecule has 0 spiro atoms. The van der Waals surface area contributed by atoms with Crippen molar-refractivity contribution >= 4 is 23.3 Å². The standard InChI is InChI=1S/C24H16F3N5O3/c1-23(15-7-5-14(12-28)6-8-15)20(18-13-29-9-10-30-18)31-19(22(34)35)21(33)32(23)17-4-2-3-16(11-17)24(25,26)27/h2-11,13,19H,1H3,(H,34,35). The Morgan fingerprint density at radius 1 is 1.17 bits per heavy atom. The molecular formula is C24H16F3N5O3. The fourth-order valence-electron chi connectivity index (χ4n) is 4.00. The summed E-state index contributed by atoms with van der Waals surface area (Å²) in [5.74, 6) is -2.61. The summed E-state index contributed by atoms with van der Waals surface area (Å²) in [5.41, 5.74) is -1.96. The molecular weight excluding hydrogens is 463 g/mol. The van der Waals surface area contributed by atoms with Crippen molar-refractivity contribution in [3.05, 3.63) is 89.5 Å². The van der Waals surface area contributed by atoms with Crippen LogP contribution in [0.1, 0.15) is 29.3 Å². The Kier molecular flexibility index (Phi) is 5.82. The number of anilines is 1. The largest absolute Gasteiger partial charge is 0.479 e. The fraction of sp³-hybridized carbons (Fsp3) is 0.167. The van der Waals surface area contributed by atoms with Gasteiger partial charge in [0.15, 0.2) is 0 Å². The van der Waals surface area contributed by atoms with E-state index in [1.165, 1.54) is 55.8 Å². The van der Waals surface area contributed by atoms with Gasteiger partial charge in [-0.3, -0.25) is 24.7 Å². The van der Waals surface area contributed by atoms with Crippen LogP contribution in [-0.2, 0) is 21.3 Å². The third-order valence-corrected chi connectivity index (χ3v) is 5.67. The van der Waals surface area contributed by atoms with E-state index in [-0.39, 0.29) is 17.1 Å². The highest BCUT2D eigenvalue weighted by Gasteiger charge is 2.51. The third kappa shape index (κ3) is 4.10. The smallest absolute Gasteiger partial charge is 0.416 e. The summed E-state index contributed by atoms with van der Waals surface area (Å²) in [5, 5.41) is 18.9. The maximum Gasteiger partial charge on any atom is 0.416 e. The number of carboxylic acids is 1. The number of nitriles is 1. The number of benzene rings is 2. The number of hydrogen-bond donors (Lipinski definition) is 1. The molecule has 1 amide bonds. The van der Waals surface area contributed by atoms with Crippen LogP contribution in [0.2, 0.25) is 0 Å². The van der Waals surface area contributed by atoms with Crippen LogP contribution in [0.4, 0.5) is 18.9 Å². The summed E-state index contributed by atoms with van der Waals surface area (Å²) in [6.07, 6.45) is -0.651. The first-order valence-corrected chi connectivity index (χ1v) is 10.2. The Labute approximate surface area is 197 Å². The summed E-state index contributed by atoms with van der Waals surface area (Å²) < 4.78 is 40.5. The van der Waals surface area contributed by atoms with Gasteiger partial charge in [-0.1, -0.05) is 18.2 Å². The van der Waals surface area contributed by atoms with Crippen molar-refractivity contribution in [2.75, 3.05) is 4.90 Å². The lowest BCUT2D eigenvalue weighted by molar-refractivity contribution is -0.142.